The number of hydrogen-bond acceptors (Lipinski definition) is 1. The van der Waals surface area contributed by atoms with Crippen molar-refractivity contribution in [2.75, 3.05) is 4.90 Å². The molecule has 3 aliphatic rings. The molecule has 0 fully saturated rings. The minimum atomic E-state index is 0.222. The van der Waals surface area contributed by atoms with Crippen LogP contribution in [0.3, 0.4) is 0 Å². The molecule has 1 aliphatic heterocycles. The monoisotopic (exact) mass is 742 g/mol. The molecule has 1 atom stereocenters. The molecule has 4 nitrogen and oxygen atoms in total. The first-order valence-corrected chi connectivity index (χ1v) is 20.5. The maximum absolute atomic E-state index is 2.55. The number of allylic oxidation sites excluding steroid dienone is 1. The Labute approximate surface area is 336 Å². The van der Waals surface area contributed by atoms with E-state index in [9.17, 15) is 0 Å². The molecule has 0 saturated carbocycles. The summed E-state index contributed by atoms with van der Waals surface area (Å²) >= 11 is 0. The zero-order valence-electron chi connectivity index (χ0n) is 31.9. The number of para-hydroxylation sites is 5. The lowest BCUT2D eigenvalue weighted by Gasteiger charge is -2.30. The lowest BCUT2D eigenvalue weighted by atomic mass is 9.89. The fraction of sp³-hybridized carbons (Fsp3) is 0.0741. The minimum Gasteiger partial charge on any atom is -0.333 e. The molecule has 4 heterocycles. The average Bonchev–Trinajstić information content (AvgIpc) is 4.01. The van der Waals surface area contributed by atoms with Crippen LogP contribution in [0.1, 0.15) is 34.5 Å². The van der Waals surface area contributed by atoms with Crippen molar-refractivity contribution in [3.8, 4) is 17.1 Å². The Morgan fingerprint density at radius 3 is 1.91 bits per heavy atom. The number of anilines is 2. The van der Waals surface area contributed by atoms with Gasteiger partial charge in [0.1, 0.15) is 0 Å². The molecule has 2 aliphatic carbocycles. The summed E-state index contributed by atoms with van der Waals surface area (Å²) in [6.45, 7) is 0. The van der Waals surface area contributed by atoms with Gasteiger partial charge in [-0.25, -0.2) is 0 Å². The summed E-state index contributed by atoms with van der Waals surface area (Å²) < 4.78 is 7.56. The van der Waals surface area contributed by atoms with Crippen LogP contribution < -0.4 is 4.90 Å². The van der Waals surface area contributed by atoms with Gasteiger partial charge in [0.2, 0.25) is 0 Å². The van der Waals surface area contributed by atoms with Crippen molar-refractivity contribution in [3.63, 3.8) is 0 Å². The Hall–Kier alpha value is -7.30. The van der Waals surface area contributed by atoms with Gasteiger partial charge in [0.05, 0.1) is 33.8 Å². The van der Waals surface area contributed by atoms with E-state index in [2.05, 4.69) is 207 Å². The van der Waals surface area contributed by atoms with Crippen LogP contribution in [0.5, 0.6) is 0 Å². The molecule has 1 unspecified atom stereocenters. The second kappa shape index (κ2) is 12.1. The number of aromatic nitrogens is 3. The number of rotatable bonds is 4. The Bertz CT molecular complexity index is 3370. The van der Waals surface area contributed by atoms with Gasteiger partial charge >= 0.3 is 0 Å². The fourth-order valence-corrected chi connectivity index (χ4v) is 10.7. The van der Waals surface area contributed by atoms with Gasteiger partial charge in [-0.15, -0.1) is 0 Å². The first-order valence-electron chi connectivity index (χ1n) is 20.5. The van der Waals surface area contributed by atoms with Crippen LogP contribution in [0.15, 0.2) is 176 Å². The van der Waals surface area contributed by atoms with E-state index in [0.29, 0.717) is 0 Å². The number of hydrogen-bond donors (Lipinski definition) is 0. The van der Waals surface area contributed by atoms with Gasteiger partial charge in [-0.3, -0.25) is 0 Å². The molecule has 0 saturated heterocycles. The highest BCUT2D eigenvalue weighted by Gasteiger charge is 2.39. The second-order valence-electron chi connectivity index (χ2n) is 16.0. The molecular weight excluding hydrogens is 705 g/mol. The predicted molar refractivity (Wildman–Crippen MR) is 242 cm³/mol. The Kier molecular flexibility index (Phi) is 6.65. The highest BCUT2D eigenvalue weighted by Crippen LogP contribution is 2.51. The molecular formula is C54H38N4. The van der Waals surface area contributed by atoms with Crippen molar-refractivity contribution in [1.82, 2.24) is 13.7 Å². The highest BCUT2D eigenvalue weighted by molar-refractivity contribution is 6.19. The lowest BCUT2D eigenvalue weighted by molar-refractivity contribution is 0.806. The summed E-state index contributed by atoms with van der Waals surface area (Å²) in [5.41, 5.74) is 19.1. The normalized spacial score (nSPS) is 15.6. The third kappa shape index (κ3) is 4.34. The van der Waals surface area contributed by atoms with Crippen LogP contribution in [-0.2, 0) is 12.8 Å². The standard InChI is InChI=1S/C54H38N4/c1-3-16-35(17-4-1)55-47-26-11-9-24-41(47)45-34-52-46(33-51(45)55)42-25-10-12-27-48(42)56(52)37-20-15-21-38(32-37)58-50-29-14-8-23-40(50)44-31-30-43-39-22-7-13-28-49(39)57(53(43)54(44)58)36-18-5-2-6-19-36/h1-6,8-21,23-32,34,51H,7,22,33H2. The number of fused-ring (bicyclic) bond motifs is 13. The molecule has 0 spiro atoms. The van der Waals surface area contributed by atoms with Crippen molar-refractivity contribution in [1.29, 1.82) is 0 Å². The summed E-state index contributed by atoms with van der Waals surface area (Å²) in [5.74, 6) is 0. The third-order valence-corrected chi connectivity index (χ3v) is 13.0. The summed E-state index contributed by atoms with van der Waals surface area (Å²) in [7, 11) is 0. The van der Waals surface area contributed by atoms with Crippen LogP contribution in [0.4, 0.5) is 11.4 Å². The largest absolute Gasteiger partial charge is 0.333 e. The highest BCUT2D eigenvalue weighted by atomic mass is 15.2. The van der Waals surface area contributed by atoms with E-state index < -0.39 is 0 Å². The summed E-state index contributed by atoms with van der Waals surface area (Å²) in [6, 6.07) is 62.9. The van der Waals surface area contributed by atoms with Gasteiger partial charge in [0.15, 0.2) is 0 Å². The van der Waals surface area contributed by atoms with Crippen LogP contribution >= 0.6 is 0 Å². The van der Waals surface area contributed by atoms with Crippen LogP contribution in [0.2, 0.25) is 0 Å². The van der Waals surface area contributed by atoms with Crippen molar-refractivity contribution in [2.45, 2.75) is 25.3 Å². The fourth-order valence-electron chi connectivity index (χ4n) is 10.7. The van der Waals surface area contributed by atoms with Crippen molar-refractivity contribution in [2.24, 2.45) is 0 Å². The molecule has 7 aromatic carbocycles. The van der Waals surface area contributed by atoms with Crippen molar-refractivity contribution < 1.29 is 0 Å². The Morgan fingerprint density at radius 2 is 1.09 bits per heavy atom. The lowest BCUT2D eigenvalue weighted by Crippen LogP contribution is -2.30. The molecule has 10 aromatic rings. The van der Waals surface area contributed by atoms with Gasteiger partial charge in [-0.05, 0) is 102 Å². The van der Waals surface area contributed by atoms with E-state index in [4.69, 9.17) is 0 Å². The van der Waals surface area contributed by atoms with Crippen LogP contribution in [-0.4, -0.2) is 19.7 Å². The van der Waals surface area contributed by atoms with Gasteiger partial charge in [-0.1, -0.05) is 115 Å². The van der Waals surface area contributed by atoms with E-state index in [0.717, 1.165) is 30.6 Å². The zero-order valence-corrected chi connectivity index (χ0v) is 31.9. The summed E-state index contributed by atoms with van der Waals surface area (Å²) in [4.78, 5) is 2.55. The molecule has 274 valence electrons. The zero-order chi connectivity index (χ0) is 37.9. The molecule has 0 radical (unpaired) electrons. The molecule has 0 amide bonds. The van der Waals surface area contributed by atoms with Gasteiger partial charge in [-0.2, -0.15) is 0 Å². The van der Waals surface area contributed by atoms with E-state index in [1.54, 1.807) is 0 Å². The van der Waals surface area contributed by atoms with Gasteiger partial charge in [0.25, 0.3) is 0 Å². The molecule has 58 heavy (non-hydrogen) atoms. The summed E-state index contributed by atoms with van der Waals surface area (Å²) in [5, 5.41) is 5.19. The first kappa shape index (κ1) is 31.9. The van der Waals surface area contributed by atoms with Gasteiger partial charge in [0, 0.05) is 67.7 Å². The van der Waals surface area contributed by atoms with E-state index in [-0.39, 0.29) is 6.04 Å². The molecule has 0 bridgehead atoms. The van der Waals surface area contributed by atoms with Crippen molar-refractivity contribution >= 4 is 72.7 Å². The first-order chi connectivity index (χ1) is 28.8. The van der Waals surface area contributed by atoms with E-state index in [1.165, 1.54) is 94.3 Å². The van der Waals surface area contributed by atoms with E-state index >= 15 is 0 Å². The molecule has 0 N–H and O–H groups in total. The maximum Gasteiger partial charge on any atom is 0.0788 e. The molecule has 3 aromatic heterocycles. The Balaban J connectivity index is 1.07. The van der Waals surface area contributed by atoms with Crippen LogP contribution in [0.25, 0.3) is 78.4 Å². The summed E-state index contributed by atoms with van der Waals surface area (Å²) in [6.07, 6.45) is 10.2. The Morgan fingerprint density at radius 1 is 0.448 bits per heavy atom. The average molecular weight is 743 g/mol. The predicted octanol–water partition coefficient (Wildman–Crippen LogP) is 13.2. The maximum atomic E-state index is 2.55. The van der Waals surface area contributed by atoms with Gasteiger partial charge < -0.3 is 18.6 Å². The quantitative estimate of drug-likeness (QED) is 0.176. The smallest absolute Gasteiger partial charge is 0.0788 e. The van der Waals surface area contributed by atoms with E-state index in [1.807, 2.05) is 0 Å². The topological polar surface area (TPSA) is 18.0 Å². The number of nitrogens with zero attached hydrogens (tertiary/aromatic N) is 4. The SMILES string of the molecule is C1=Cc2c(c3ccc4c5ccccc5n(-c5cccc(-n6c7c(c8ccccc86)CC6C(=C7)c7ccccc7N6c6ccccc6)c5)c4c3n2-c2ccccc2)CC1. The number of benzene rings is 7. The minimum absolute atomic E-state index is 0.222. The number of aryl methyl sites for hydroxylation is 1. The molecule has 13 rings (SSSR count). The second-order valence-corrected chi connectivity index (χ2v) is 16.0. The van der Waals surface area contributed by atoms with Crippen molar-refractivity contribution in [3.05, 3.63) is 204 Å². The van der Waals surface area contributed by atoms with Crippen LogP contribution in [0, 0.1) is 0 Å². The third-order valence-electron chi connectivity index (χ3n) is 13.0. The molecule has 4 heteroatoms.